The molecule has 2 atom stereocenters. The minimum atomic E-state index is 0.591. The van der Waals surface area contributed by atoms with Crippen molar-refractivity contribution in [3.63, 3.8) is 0 Å². The highest BCUT2D eigenvalue weighted by molar-refractivity contribution is 7.39. The first-order valence-electron chi connectivity index (χ1n) is 10.1. The number of benzene rings is 5. The fourth-order valence-electron chi connectivity index (χ4n) is 4.65. The van der Waals surface area contributed by atoms with Crippen molar-refractivity contribution in [2.45, 2.75) is 0 Å². The van der Waals surface area contributed by atoms with E-state index in [1.54, 1.807) is 0 Å². The number of anilines is 1. The predicted octanol–water partition coefficient (Wildman–Crippen LogP) is 7.89. The summed E-state index contributed by atoms with van der Waals surface area (Å²) in [6.07, 6.45) is 0. The van der Waals surface area contributed by atoms with E-state index in [-0.39, 0.29) is 0 Å². The van der Waals surface area contributed by atoms with Crippen molar-refractivity contribution < 1.29 is 4.48 Å². The van der Waals surface area contributed by atoms with Gasteiger partial charge in [0.15, 0.2) is 0 Å². The molecule has 1 aromatic heterocycles. The average molecular weight is 440 g/mol. The maximum Gasteiger partial charge on any atom is 0.0911 e. The molecule has 150 valence electrons. The third-order valence-corrected chi connectivity index (χ3v) is 6.65. The third kappa shape index (κ3) is 2.78. The quantitative estimate of drug-likeness (QED) is 0.196. The van der Waals surface area contributed by atoms with Gasteiger partial charge in [-0.25, -0.2) is 0 Å². The molecule has 0 N–H and O–H groups in total. The Morgan fingerprint density at radius 3 is 2.00 bits per heavy atom. The van der Waals surface area contributed by atoms with Crippen LogP contribution in [0.5, 0.6) is 0 Å². The van der Waals surface area contributed by atoms with Gasteiger partial charge in [-0.1, -0.05) is 77.3 Å². The average Bonchev–Trinajstić information content (AvgIpc) is 3.12. The molecule has 0 aliphatic carbocycles. The molecule has 0 bridgehead atoms. The standard InChI is InChI=1S/C26H19FN2P2/c27-28-24-15-17(16-6-5-7-18(14-16)29(30)31)12-13-23(24)25-21-10-3-1-8-19(21)20-9-2-4-11-22(20)26(25)28/h1-15H,30-31H2. The molecule has 5 heteroatoms. The highest BCUT2D eigenvalue weighted by Crippen LogP contribution is 2.42. The van der Waals surface area contributed by atoms with E-state index in [9.17, 15) is 0 Å². The number of hydrogen-bond acceptors (Lipinski definition) is 1. The lowest BCUT2D eigenvalue weighted by Crippen LogP contribution is -1.90. The van der Waals surface area contributed by atoms with E-state index in [2.05, 4.69) is 61.2 Å². The summed E-state index contributed by atoms with van der Waals surface area (Å²) in [6, 6.07) is 30.6. The number of hydrogen-bond donors (Lipinski definition) is 0. The molecule has 2 nitrogen and oxygen atoms in total. The topological polar surface area (TPSA) is 8.17 Å². The molecule has 0 aliphatic rings. The van der Waals surface area contributed by atoms with Crippen molar-refractivity contribution in [3.8, 4) is 11.1 Å². The van der Waals surface area contributed by atoms with Crippen molar-refractivity contribution in [1.82, 2.24) is 4.79 Å². The summed E-state index contributed by atoms with van der Waals surface area (Å²) in [5.74, 6) is 0. The second-order valence-electron chi connectivity index (χ2n) is 7.79. The number of nitrogens with zero attached hydrogens (tertiary/aromatic N) is 2. The molecule has 0 fully saturated rings. The van der Waals surface area contributed by atoms with E-state index in [4.69, 9.17) is 0 Å². The van der Waals surface area contributed by atoms with Crippen molar-refractivity contribution in [2.75, 3.05) is 4.44 Å². The molecule has 6 aromatic rings. The Labute approximate surface area is 183 Å². The predicted molar refractivity (Wildman–Crippen MR) is 138 cm³/mol. The molecule has 0 saturated heterocycles. The lowest BCUT2D eigenvalue weighted by Gasteiger charge is -2.13. The number of aromatic nitrogens is 1. The molecule has 5 aromatic carbocycles. The van der Waals surface area contributed by atoms with Gasteiger partial charge in [-0.2, -0.15) is 4.79 Å². The fraction of sp³-hybridized carbons (Fsp3) is 0. The number of fused-ring (bicyclic) bond motifs is 8. The molecule has 0 aliphatic heterocycles. The van der Waals surface area contributed by atoms with Gasteiger partial charge in [0.2, 0.25) is 0 Å². The zero-order valence-electron chi connectivity index (χ0n) is 16.6. The molecule has 0 spiro atoms. The zero-order chi connectivity index (χ0) is 21.1. The molecule has 0 saturated carbocycles. The van der Waals surface area contributed by atoms with Crippen LogP contribution in [0.1, 0.15) is 0 Å². The van der Waals surface area contributed by atoms with Gasteiger partial charge in [0, 0.05) is 21.8 Å². The summed E-state index contributed by atoms with van der Waals surface area (Å²) < 4.78 is 17.8. The fourth-order valence-corrected chi connectivity index (χ4v) is 4.97. The first-order valence-corrected chi connectivity index (χ1v) is 11.1. The Balaban J connectivity index is 1.73. The zero-order valence-corrected chi connectivity index (χ0v) is 18.9. The van der Waals surface area contributed by atoms with Gasteiger partial charge < -0.3 is 4.44 Å². The van der Waals surface area contributed by atoms with E-state index in [0.29, 0.717) is 11.0 Å². The van der Waals surface area contributed by atoms with Crippen LogP contribution >= 0.6 is 18.8 Å². The second kappa shape index (κ2) is 7.02. The van der Waals surface area contributed by atoms with Crippen LogP contribution in [-0.4, -0.2) is 4.79 Å². The molecule has 0 amide bonds. The molecular weight excluding hydrogens is 421 g/mol. The van der Waals surface area contributed by atoms with Crippen LogP contribution in [0, 0.1) is 0 Å². The van der Waals surface area contributed by atoms with Crippen LogP contribution in [0.15, 0.2) is 91.0 Å². The van der Waals surface area contributed by atoms with Gasteiger partial charge in [-0.05, 0) is 64.3 Å². The lowest BCUT2D eigenvalue weighted by atomic mass is 9.96. The molecule has 31 heavy (non-hydrogen) atoms. The SMILES string of the molecule is Fn1c2cc(-c3cccc(N(P)P)c3)ccc2c2c3ccccc3c3ccccc3c21. The van der Waals surface area contributed by atoms with Gasteiger partial charge >= 0.3 is 0 Å². The molecule has 1 heterocycles. The Kier molecular flexibility index (Phi) is 4.25. The van der Waals surface area contributed by atoms with Gasteiger partial charge in [0.1, 0.15) is 0 Å². The first kappa shape index (κ1) is 18.8. The Morgan fingerprint density at radius 2 is 1.26 bits per heavy atom. The van der Waals surface area contributed by atoms with Gasteiger partial charge in [-0.15, -0.1) is 0 Å². The summed E-state index contributed by atoms with van der Waals surface area (Å²) in [5, 5.41) is 6.12. The highest BCUT2D eigenvalue weighted by Gasteiger charge is 2.18. The second-order valence-corrected chi connectivity index (χ2v) is 9.49. The number of rotatable bonds is 2. The van der Waals surface area contributed by atoms with Crippen molar-refractivity contribution in [1.29, 1.82) is 0 Å². The molecular formula is C26H19FN2P2. The highest BCUT2D eigenvalue weighted by atomic mass is 31.1. The molecule has 0 radical (unpaired) electrons. The van der Waals surface area contributed by atoms with E-state index >= 15 is 4.48 Å². The minimum Gasteiger partial charge on any atom is -0.341 e. The van der Waals surface area contributed by atoms with Crippen LogP contribution < -0.4 is 4.44 Å². The maximum atomic E-state index is 15.9. The van der Waals surface area contributed by atoms with Crippen LogP contribution in [-0.2, 0) is 0 Å². The van der Waals surface area contributed by atoms with E-state index in [1.807, 2.05) is 53.0 Å². The summed E-state index contributed by atoms with van der Waals surface area (Å²) >= 11 is 0. The smallest absolute Gasteiger partial charge is 0.0911 e. The minimum absolute atomic E-state index is 0.591. The summed E-state index contributed by atoms with van der Waals surface area (Å²) in [5.41, 5.74) is 4.31. The van der Waals surface area contributed by atoms with Gasteiger partial charge in [-0.3, -0.25) is 0 Å². The summed E-state index contributed by atoms with van der Waals surface area (Å²) in [7, 11) is 5.27. The van der Waals surface area contributed by atoms with Crippen LogP contribution in [0.2, 0.25) is 0 Å². The van der Waals surface area contributed by atoms with Crippen molar-refractivity contribution in [3.05, 3.63) is 91.0 Å². The van der Waals surface area contributed by atoms with E-state index in [0.717, 1.165) is 53.9 Å². The summed E-state index contributed by atoms with van der Waals surface area (Å²) in [6.45, 7) is 0. The van der Waals surface area contributed by atoms with Gasteiger partial charge in [0.05, 0.1) is 11.0 Å². The van der Waals surface area contributed by atoms with Gasteiger partial charge in [0.25, 0.3) is 0 Å². The first-order chi connectivity index (χ1) is 15.1. The lowest BCUT2D eigenvalue weighted by molar-refractivity contribution is 0.406. The maximum absolute atomic E-state index is 15.9. The van der Waals surface area contributed by atoms with Crippen molar-refractivity contribution in [2.24, 2.45) is 0 Å². The summed E-state index contributed by atoms with van der Waals surface area (Å²) in [4.78, 5) is 0.866. The van der Waals surface area contributed by atoms with Crippen LogP contribution in [0.25, 0.3) is 54.5 Å². The van der Waals surface area contributed by atoms with E-state index < -0.39 is 0 Å². The molecule has 6 rings (SSSR count). The van der Waals surface area contributed by atoms with E-state index in [1.165, 1.54) is 0 Å². The normalized spacial score (nSPS) is 11.7. The molecule has 2 unspecified atom stereocenters. The van der Waals surface area contributed by atoms with Crippen LogP contribution in [0.4, 0.5) is 10.2 Å². The number of halogens is 1. The van der Waals surface area contributed by atoms with Crippen LogP contribution in [0.3, 0.4) is 0 Å². The largest absolute Gasteiger partial charge is 0.341 e. The third-order valence-electron chi connectivity index (χ3n) is 6.06. The van der Waals surface area contributed by atoms with Crippen molar-refractivity contribution >= 4 is 67.8 Å². The Hall–Kier alpha value is -2.99. The Bertz CT molecular complexity index is 1640. The Morgan fingerprint density at radius 1 is 0.613 bits per heavy atom. The monoisotopic (exact) mass is 440 g/mol.